The molecule has 25 heavy (non-hydrogen) atoms. The van der Waals surface area contributed by atoms with Gasteiger partial charge >= 0.3 is 0 Å². The molecule has 5 heteroatoms. The maximum atomic E-state index is 12.8. The Morgan fingerprint density at radius 3 is 2.48 bits per heavy atom. The molecule has 0 saturated heterocycles. The average Bonchev–Trinajstić information content (AvgIpc) is 2.97. The van der Waals surface area contributed by atoms with Gasteiger partial charge in [0.05, 0.1) is 5.60 Å². The lowest BCUT2D eigenvalue weighted by Gasteiger charge is -2.32. The summed E-state index contributed by atoms with van der Waals surface area (Å²) in [4.78, 5) is 26.9. The van der Waals surface area contributed by atoms with E-state index in [4.69, 9.17) is 0 Å². The van der Waals surface area contributed by atoms with E-state index in [1.165, 1.54) is 0 Å². The van der Waals surface area contributed by atoms with E-state index >= 15 is 0 Å². The zero-order valence-corrected chi connectivity index (χ0v) is 15.7. The van der Waals surface area contributed by atoms with Crippen molar-refractivity contribution in [1.82, 2.24) is 10.2 Å². The van der Waals surface area contributed by atoms with Crippen LogP contribution in [0.1, 0.15) is 55.5 Å². The number of aryl methyl sites for hydroxylation is 1. The Labute approximate surface area is 150 Å². The Morgan fingerprint density at radius 1 is 1.28 bits per heavy atom. The highest BCUT2D eigenvalue weighted by Gasteiger charge is 2.35. The van der Waals surface area contributed by atoms with Gasteiger partial charge in [0.2, 0.25) is 5.91 Å². The van der Waals surface area contributed by atoms with Gasteiger partial charge in [0, 0.05) is 19.2 Å². The molecule has 0 bridgehead atoms. The molecule has 1 saturated carbocycles. The first kappa shape index (κ1) is 19.4. The molecule has 0 aliphatic heterocycles. The van der Waals surface area contributed by atoms with Gasteiger partial charge in [-0.15, -0.1) is 0 Å². The number of amides is 2. The molecule has 1 aromatic carbocycles. The van der Waals surface area contributed by atoms with E-state index in [0.29, 0.717) is 12.1 Å². The number of rotatable bonds is 6. The lowest BCUT2D eigenvalue weighted by Crippen LogP contribution is -2.53. The molecular formula is C20H30N2O3. The van der Waals surface area contributed by atoms with Gasteiger partial charge in [0.15, 0.2) is 0 Å². The number of hydrogen-bond donors (Lipinski definition) is 2. The summed E-state index contributed by atoms with van der Waals surface area (Å²) in [5, 5.41) is 13.4. The third-order valence-electron chi connectivity index (χ3n) is 4.94. The molecule has 0 aromatic heterocycles. The summed E-state index contributed by atoms with van der Waals surface area (Å²) in [7, 11) is 1.70. The Kier molecular flexibility index (Phi) is 6.22. The third-order valence-corrected chi connectivity index (χ3v) is 4.94. The van der Waals surface area contributed by atoms with Gasteiger partial charge in [-0.1, -0.05) is 44.4 Å². The fraction of sp³-hybridized carbons (Fsp3) is 0.600. The third kappa shape index (κ3) is 5.05. The number of hydrogen-bond acceptors (Lipinski definition) is 3. The molecule has 0 spiro atoms. The Hall–Kier alpha value is -1.88. The first-order valence-corrected chi connectivity index (χ1v) is 9.07. The molecule has 1 aliphatic carbocycles. The highest BCUT2D eigenvalue weighted by Crippen LogP contribution is 2.30. The van der Waals surface area contributed by atoms with Crippen molar-refractivity contribution in [3.8, 4) is 0 Å². The van der Waals surface area contributed by atoms with Gasteiger partial charge < -0.3 is 15.3 Å². The van der Waals surface area contributed by atoms with Crippen molar-refractivity contribution in [2.75, 3.05) is 13.6 Å². The minimum Gasteiger partial charge on any atom is -0.388 e. The lowest BCUT2D eigenvalue weighted by atomic mass is 9.99. The van der Waals surface area contributed by atoms with E-state index in [2.05, 4.69) is 5.32 Å². The van der Waals surface area contributed by atoms with Crippen molar-refractivity contribution in [1.29, 1.82) is 0 Å². The topological polar surface area (TPSA) is 69.6 Å². The quantitative estimate of drug-likeness (QED) is 0.831. The molecule has 1 aromatic rings. The molecule has 138 valence electrons. The van der Waals surface area contributed by atoms with Crippen molar-refractivity contribution in [3.05, 3.63) is 35.4 Å². The zero-order chi connectivity index (χ0) is 18.6. The van der Waals surface area contributed by atoms with Crippen LogP contribution >= 0.6 is 0 Å². The average molecular weight is 346 g/mol. The molecule has 0 heterocycles. The maximum absolute atomic E-state index is 12.8. The predicted octanol–water partition coefficient (Wildman–Crippen LogP) is 2.51. The Bertz CT molecular complexity index is 621. The number of nitrogens with one attached hydrogen (secondary N) is 1. The molecule has 2 N–H and O–H groups in total. The highest BCUT2D eigenvalue weighted by atomic mass is 16.3. The van der Waals surface area contributed by atoms with Crippen LogP contribution in [-0.4, -0.2) is 47.1 Å². The van der Waals surface area contributed by atoms with Gasteiger partial charge in [0.25, 0.3) is 5.91 Å². The van der Waals surface area contributed by atoms with Crippen LogP contribution in [0.3, 0.4) is 0 Å². The van der Waals surface area contributed by atoms with Crippen LogP contribution in [0.15, 0.2) is 24.3 Å². The smallest absolute Gasteiger partial charge is 0.251 e. The molecule has 2 rings (SSSR count). The first-order valence-electron chi connectivity index (χ1n) is 9.07. The molecule has 5 nitrogen and oxygen atoms in total. The number of benzene rings is 1. The van der Waals surface area contributed by atoms with Crippen LogP contribution in [0.2, 0.25) is 0 Å². The minimum atomic E-state index is -0.785. The first-order chi connectivity index (χ1) is 11.7. The fourth-order valence-corrected chi connectivity index (χ4v) is 3.47. The van der Waals surface area contributed by atoms with Gasteiger partial charge in [-0.3, -0.25) is 9.59 Å². The molecule has 1 fully saturated rings. The number of carbonyl (C=O) groups excluding carboxylic acids is 2. The summed E-state index contributed by atoms with van der Waals surface area (Å²) >= 11 is 0. The van der Waals surface area contributed by atoms with Crippen molar-refractivity contribution < 1.29 is 14.7 Å². The SMILES string of the molecule is Cc1cccc(C(=O)NC(C(=O)N(C)CC2(O)CCCC2)C(C)C)c1. The molecule has 1 unspecified atom stereocenters. The molecule has 1 atom stereocenters. The van der Waals surface area contributed by atoms with Crippen molar-refractivity contribution in [2.24, 2.45) is 5.92 Å². The highest BCUT2D eigenvalue weighted by molar-refractivity contribution is 5.97. The molecule has 2 amide bonds. The van der Waals surface area contributed by atoms with Gasteiger partial charge in [-0.2, -0.15) is 0 Å². The molecule has 1 aliphatic rings. The molecular weight excluding hydrogens is 316 g/mol. The minimum absolute atomic E-state index is 0.0399. The molecule has 0 radical (unpaired) electrons. The number of likely N-dealkylation sites (N-methyl/N-ethyl adjacent to an activating group) is 1. The summed E-state index contributed by atoms with van der Waals surface area (Å²) in [5.74, 6) is -0.443. The van der Waals surface area contributed by atoms with Gasteiger partial charge in [-0.05, 0) is 37.8 Å². The Balaban J connectivity index is 2.06. The number of carbonyl (C=O) groups is 2. The van der Waals surface area contributed by atoms with E-state index in [1.807, 2.05) is 39.0 Å². The van der Waals surface area contributed by atoms with Crippen LogP contribution in [0, 0.1) is 12.8 Å². The second kappa shape index (κ2) is 8.00. The Morgan fingerprint density at radius 2 is 1.92 bits per heavy atom. The largest absolute Gasteiger partial charge is 0.388 e. The number of nitrogens with zero attached hydrogens (tertiary/aromatic N) is 1. The zero-order valence-electron chi connectivity index (χ0n) is 15.7. The van der Waals surface area contributed by atoms with Crippen LogP contribution in [0.25, 0.3) is 0 Å². The summed E-state index contributed by atoms with van der Waals surface area (Å²) in [5.41, 5.74) is 0.767. The van der Waals surface area contributed by atoms with Crippen LogP contribution < -0.4 is 5.32 Å². The van der Waals surface area contributed by atoms with E-state index in [9.17, 15) is 14.7 Å². The van der Waals surface area contributed by atoms with Crippen molar-refractivity contribution in [2.45, 2.75) is 58.1 Å². The second-order valence-electron chi connectivity index (χ2n) is 7.69. The van der Waals surface area contributed by atoms with Gasteiger partial charge in [-0.25, -0.2) is 0 Å². The van der Waals surface area contributed by atoms with Gasteiger partial charge in [0.1, 0.15) is 6.04 Å². The van der Waals surface area contributed by atoms with E-state index in [1.54, 1.807) is 18.0 Å². The van der Waals surface area contributed by atoms with E-state index in [-0.39, 0.29) is 17.7 Å². The van der Waals surface area contributed by atoms with E-state index < -0.39 is 11.6 Å². The van der Waals surface area contributed by atoms with Crippen LogP contribution in [0.4, 0.5) is 0 Å². The summed E-state index contributed by atoms with van der Waals surface area (Å²) in [6, 6.07) is 6.70. The monoisotopic (exact) mass is 346 g/mol. The van der Waals surface area contributed by atoms with Crippen molar-refractivity contribution >= 4 is 11.8 Å². The van der Waals surface area contributed by atoms with Crippen LogP contribution in [0.5, 0.6) is 0 Å². The van der Waals surface area contributed by atoms with E-state index in [0.717, 1.165) is 31.2 Å². The maximum Gasteiger partial charge on any atom is 0.251 e. The second-order valence-corrected chi connectivity index (χ2v) is 7.69. The number of aliphatic hydroxyl groups is 1. The van der Waals surface area contributed by atoms with Crippen LogP contribution in [-0.2, 0) is 4.79 Å². The fourth-order valence-electron chi connectivity index (χ4n) is 3.47. The van der Waals surface area contributed by atoms with Crippen molar-refractivity contribution in [3.63, 3.8) is 0 Å². The lowest BCUT2D eigenvalue weighted by molar-refractivity contribution is -0.136. The predicted molar refractivity (Wildman–Crippen MR) is 98.3 cm³/mol. The summed E-state index contributed by atoms with van der Waals surface area (Å²) < 4.78 is 0. The normalized spacial score (nSPS) is 17.4. The summed E-state index contributed by atoms with van der Waals surface area (Å²) in [6.45, 7) is 6.07. The standard InChI is InChI=1S/C20H30N2O3/c1-14(2)17(21-18(23)16-9-7-8-15(3)12-16)19(24)22(4)13-20(25)10-5-6-11-20/h7-9,12,14,17,25H,5-6,10-11,13H2,1-4H3,(H,21,23). The summed E-state index contributed by atoms with van der Waals surface area (Å²) in [6.07, 6.45) is 3.45.